The number of nitrogens with zero attached hydrogens (tertiary/aromatic N) is 1. The van der Waals surface area contributed by atoms with E-state index in [1.807, 2.05) is 11.3 Å². The summed E-state index contributed by atoms with van der Waals surface area (Å²) in [7, 11) is 0. The largest absolute Gasteiger partial charge is 0.326 e. The molecule has 3 rings (SSSR count). The summed E-state index contributed by atoms with van der Waals surface area (Å²) in [5.74, 6) is 1.91. The highest BCUT2D eigenvalue weighted by molar-refractivity contribution is 7.10. The average molecular weight is 250 g/mol. The smallest absolute Gasteiger partial charge is 0.0590 e. The summed E-state index contributed by atoms with van der Waals surface area (Å²) in [6.07, 6.45) is 4.33. The van der Waals surface area contributed by atoms with Gasteiger partial charge < -0.3 is 5.73 Å². The Labute approximate surface area is 108 Å². The predicted molar refractivity (Wildman–Crippen MR) is 73.1 cm³/mol. The molecule has 0 amide bonds. The van der Waals surface area contributed by atoms with Crippen LogP contribution in [0, 0.1) is 11.8 Å². The second kappa shape index (κ2) is 4.71. The van der Waals surface area contributed by atoms with Crippen LogP contribution in [0.25, 0.3) is 0 Å². The van der Waals surface area contributed by atoms with E-state index in [2.05, 4.69) is 29.3 Å². The SMILES string of the molecule is CC(N)C(c1cccs1)N1CC2CCCC2C1. The minimum Gasteiger partial charge on any atom is -0.326 e. The number of likely N-dealkylation sites (tertiary alicyclic amines) is 1. The molecule has 1 aromatic rings. The van der Waals surface area contributed by atoms with E-state index in [1.54, 1.807) is 0 Å². The molecule has 2 N–H and O–H groups in total. The number of hydrogen-bond acceptors (Lipinski definition) is 3. The van der Waals surface area contributed by atoms with Gasteiger partial charge in [-0.25, -0.2) is 0 Å². The van der Waals surface area contributed by atoms with Crippen molar-refractivity contribution in [2.45, 2.75) is 38.3 Å². The van der Waals surface area contributed by atoms with Crippen LogP contribution in [0.1, 0.15) is 37.1 Å². The van der Waals surface area contributed by atoms with Crippen molar-refractivity contribution in [2.75, 3.05) is 13.1 Å². The molecule has 1 aliphatic carbocycles. The third kappa shape index (κ3) is 2.16. The normalized spacial score (nSPS) is 32.6. The number of fused-ring (bicyclic) bond motifs is 1. The van der Waals surface area contributed by atoms with Gasteiger partial charge in [-0.05, 0) is 43.0 Å². The van der Waals surface area contributed by atoms with Crippen molar-refractivity contribution in [3.05, 3.63) is 22.4 Å². The molecule has 4 unspecified atom stereocenters. The second-order valence-corrected chi connectivity index (χ2v) is 6.70. The van der Waals surface area contributed by atoms with E-state index in [1.165, 1.54) is 37.2 Å². The predicted octanol–water partition coefficient (Wildman–Crippen LogP) is 2.87. The van der Waals surface area contributed by atoms with Crippen LogP contribution in [-0.2, 0) is 0 Å². The Bertz CT molecular complexity index is 348. The molecule has 0 aromatic carbocycles. The molecular formula is C14H22N2S. The first-order valence-electron chi connectivity index (χ1n) is 6.78. The molecule has 1 saturated carbocycles. The number of thiophene rings is 1. The molecule has 2 aliphatic rings. The zero-order chi connectivity index (χ0) is 11.8. The third-order valence-electron chi connectivity index (χ3n) is 4.48. The van der Waals surface area contributed by atoms with Crippen LogP contribution < -0.4 is 5.73 Å². The Balaban J connectivity index is 1.77. The van der Waals surface area contributed by atoms with Crippen LogP contribution in [0.2, 0.25) is 0 Å². The van der Waals surface area contributed by atoms with Gasteiger partial charge in [-0.2, -0.15) is 0 Å². The molecule has 1 aliphatic heterocycles. The van der Waals surface area contributed by atoms with Crippen molar-refractivity contribution in [1.82, 2.24) is 4.90 Å². The summed E-state index contributed by atoms with van der Waals surface area (Å²) in [4.78, 5) is 4.09. The average Bonchev–Trinajstić information content (AvgIpc) is 2.91. The van der Waals surface area contributed by atoms with Crippen LogP contribution in [0.4, 0.5) is 0 Å². The van der Waals surface area contributed by atoms with Crippen molar-refractivity contribution < 1.29 is 0 Å². The lowest BCUT2D eigenvalue weighted by molar-refractivity contribution is 0.206. The molecule has 0 spiro atoms. The van der Waals surface area contributed by atoms with Gasteiger partial charge in [0, 0.05) is 24.0 Å². The van der Waals surface area contributed by atoms with Gasteiger partial charge in [0.2, 0.25) is 0 Å². The highest BCUT2D eigenvalue weighted by Crippen LogP contribution is 2.42. The molecular weight excluding hydrogens is 228 g/mol. The Kier molecular flexibility index (Phi) is 3.24. The van der Waals surface area contributed by atoms with Gasteiger partial charge in [0.15, 0.2) is 0 Å². The zero-order valence-corrected chi connectivity index (χ0v) is 11.3. The Hall–Kier alpha value is -0.380. The summed E-state index contributed by atoms with van der Waals surface area (Å²) in [6.45, 7) is 4.70. The van der Waals surface area contributed by atoms with Gasteiger partial charge in [-0.15, -0.1) is 11.3 Å². The lowest BCUT2D eigenvalue weighted by Gasteiger charge is -2.30. The topological polar surface area (TPSA) is 29.3 Å². The minimum absolute atomic E-state index is 0.229. The minimum atomic E-state index is 0.229. The molecule has 0 radical (unpaired) electrons. The van der Waals surface area contributed by atoms with Crippen molar-refractivity contribution in [3.8, 4) is 0 Å². The van der Waals surface area contributed by atoms with Gasteiger partial charge >= 0.3 is 0 Å². The summed E-state index contributed by atoms with van der Waals surface area (Å²) >= 11 is 1.85. The van der Waals surface area contributed by atoms with Crippen LogP contribution in [-0.4, -0.2) is 24.0 Å². The first kappa shape index (κ1) is 11.7. The zero-order valence-electron chi connectivity index (χ0n) is 10.5. The second-order valence-electron chi connectivity index (χ2n) is 5.72. The Morgan fingerprint density at radius 3 is 2.59 bits per heavy atom. The van der Waals surface area contributed by atoms with Crippen LogP contribution in [0.5, 0.6) is 0 Å². The summed E-state index contributed by atoms with van der Waals surface area (Å²) in [5, 5.41) is 2.17. The standard InChI is InChI=1S/C14H22N2S/c1-10(15)14(13-6-3-7-17-13)16-8-11-4-2-5-12(11)9-16/h3,6-7,10-12,14H,2,4-5,8-9,15H2,1H3. The van der Waals surface area contributed by atoms with Crippen molar-refractivity contribution in [1.29, 1.82) is 0 Å². The van der Waals surface area contributed by atoms with Crippen LogP contribution >= 0.6 is 11.3 Å². The van der Waals surface area contributed by atoms with Gasteiger partial charge in [0.05, 0.1) is 6.04 Å². The molecule has 2 fully saturated rings. The maximum Gasteiger partial charge on any atom is 0.0590 e. The lowest BCUT2D eigenvalue weighted by atomic mass is 10.0. The molecule has 94 valence electrons. The van der Waals surface area contributed by atoms with Crippen LogP contribution in [0.3, 0.4) is 0 Å². The maximum absolute atomic E-state index is 6.22. The van der Waals surface area contributed by atoms with E-state index in [-0.39, 0.29) is 6.04 Å². The fourth-order valence-electron chi connectivity index (χ4n) is 3.73. The van der Waals surface area contributed by atoms with Gasteiger partial charge in [0.25, 0.3) is 0 Å². The number of rotatable bonds is 3. The Morgan fingerprint density at radius 2 is 2.06 bits per heavy atom. The highest BCUT2D eigenvalue weighted by atomic mass is 32.1. The number of hydrogen-bond donors (Lipinski definition) is 1. The fourth-order valence-corrected chi connectivity index (χ4v) is 4.70. The van der Waals surface area contributed by atoms with E-state index >= 15 is 0 Å². The van der Waals surface area contributed by atoms with Crippen molar-refractivity contribution in [3.63, 3.8) is 0 Å². The molecule has 4 atom stereocenters. The van der Waals surface area contributed by atoms with Gasteiger partial charge in [-0.3, -0.25) is 4.90 Å². The lowest BCUT2D eigenvalue weighted by Crippen LogP contribution is -2.38. The van der Waals surface area contributed by atoms with Gasteiger partial charge in [-0.1, -0.05) is 12.5 Å². The van der Waals surface area contributed by atoms with Crippen molar-refractivity contribution >= 4 is 11.3 Å². The molecule has 2 nitrogen and oxygen atoms in total. The van der Waals surface area contributed by atoms with E-state index < -0.39 is 0 Å². The van der Waals surface area contributed by atoms with Crippen LogP contribution in [0.15, 0.2) is 17.5 Å². The third-order valence-corrected chi connectivity index (χ3v) is 5.42. The van der Waals surface area contributed by atoms with E-state index in [9.17, 15) is 0 Å². The summed E-state index contributed by atoms with van der Waals surface area (Å²) in [5.41, 5.74) is 6.22. The van der Waals surface area contributed by atoms with Crippen molar-refractivity contribution in [2.24, 2.45) is 17.6 Å². The maximum atomic E-state index is 6.22. The fraction of sp³-hybridized carbons (Fsp3) is 0.714. The molecule has 17 heavy (non-hydrogen) atoms. The first-order chi connectivity index (χ1) is 8.25. The molecule has 2 heterocycles. The molecule has 0 bridgehead atoms. The molecule has 3 heteroatoms. The van der Waals surface area contributed by atoms with E-state index in [4.69, 9.17) is 5.73 Å². The quantitative estimate of drug-likeness (QED) is 0.894. The highest BCUT2D eigenvalue weighted by Gasteiger charge is 2.40. The monoisotopic (exact) mass is 250 g/mol. The molecule has 1 aromatic heterocycles. The summed E-state index contributed by atoms with van der Waals surface area (Å²) < 4.78 is 0. The van der Waals surface area contributed by atoms with E-state index in [0.717, 1.165) is 11.8 Å². The van der Waals surface area contributed by atoms with Gasteiger partial charge in [0.1, 0.15) is 0 Å². The summed E-state index contributed by atoms with van der Waals surface area (Å²) in [6, 6.07) is 5.06. The van der Waals surface area contributed by atoms with E-state index in [0.29, 0.717) is 6.04 Å². The number of nitrogens with two attached hydrogens (primary N) is 1. The Morgan fingerprint density at radius 1 is 1.35 bits per heavy atom. The molecule has 1 saturated heterocycles. The first-order valence-corrected chi connectivity index (χ1v) is 7.66.